The molecule has 0 amide bonds. The van der Waals surface area contributed by atoms with Crippen LogP contribution >= 0.6 is 0 Å². The van der Waals surface area contributed by atoms with Crippen molar-refractivity contribution < 1.29 is 9.47 Å². The zero-order valence-electron chi connectivity index (χ0n) is 12.1. The summed E-state index contributed by atoms with van der Waals surface area (Å²) in [6, 6.07) is 1.35. The molecule has 2 atom stereocenters. The molecule has 2 aliphatic rings. The first-order chi connectivity index (χ1) is 7.71. The van der Waals surface area contributed by atoms with E-state index < -0.39 is 8.07 Å². The lowest BCUT2D eigenvalue weighted by atomic mass is 9.68. The van der Waals surface area contributed by atoms with E-state index in [0.29, 0.717) is 18.1 Å². The molecule has 0 saturated carbocycles. The second kappa shape index (κ2) is 4.13. The smallest absolute Gasteiger partial charge is 0.189 e. The van der Waals surface area contributed by atoms with Crippen molar-refractivity contribution in [3.8, 4) is 0 Å². The van der Waals surface area contributed by atoms with Crippen molar-refractivity contribution >= 4 is 8.07 Å². The summed E-state index contributed by atoms with van der Waals surface area (Å²) in [5, 5.41) is 0. The van der Waals surface area contributed by atoms with E-state index in [-0.39, 0.29) is 6.10 Å². The van der Waals surface area contributed by atoms with Crippen molar-refractivity contribution in [2.75, 3.05) is 6.79 Å². The molecule has 17 heavy (non-hydrogen) atoms. The number of ether oxygens (including phenoxy) is 2. The zero-order chi connectivity index (χ0) is 12.8. The minimum Gasteiger partial charge on any atom is -0.469 e. The summed E-state index contributed by atoms with van der Waals surface area (Å²) in [5.41, 5.74) is 1.79. The lowest BCUT2D eigenvalue weighted by Crippen LogP contribution is -2.39. The van der Waals surface area contributed by atoms with Crippen LogP contribution in [0.25, 0.3) is 0 Å². The van der Waals surface area contributed by atoms with Crippen LogP contribution in [-0.4, -0.2) is 21.0 Å². The van der Waals surface area contributed by atoms with Gasteiger partial charge in [-0.1, -0.05) is 39.5 Å². The zero-order valence-corrected chi connectivity index (χ0v) is 13.1. The third-order valence-electron chi connectivity index (χ3n) is 4.16. The molecule has 0 radical (unpaired) electrons. The predicted molar refractivity (Wildman–Crippen MR) is 73.6 cm³/mol. The third kappa shape index (κ3) is 2.60. The highest BCUT2D eigenvalue weighted by Gasteiger charge is 2.45. The van der Waals surface area contributed by atoms with Crippen molar-refractivity contribution in [1.29, 1.82) is 0 Å². The Bertz CT molecular complexity index is 339. The van der Waals surface area contributed by atoms with E-state index in [1.54, 1.807) is 0 Å². The van der Waals surface area contributed by atoms with Crippen LogP contribution < -0.4 is 0 Å². The number of rotatable bonds is 2. The molecule has 0 aromatic rings. The van der Waals surface area contributed by atoms with Crippen molar-refractivity contribution in [2.24, 2.45) is 11.3 Å². The molecule has 2 unspecified atom stereocenters. The Morgan fingerprint density at radius 2 is 1.94 bits per heavy atom. The number of allylic oxidation sites excluding steroid dienone is 1. The summed E-state index contributed by atoms with van der Waals surface area (Å²) in [6.07, 6.45) is 1.33. The summed E-state index contributed by atoms with van der Waals surface area (Å²) >= 11 is 0. The minimum atomic E-state index is -1.05. The molecule has 2 rings (SSSR count). The normalized spacial score (nSPS) is 32.4. The number of hydrogen-bond donors (Lipinski definition) is 0. The fraction of sp³-hybridized carbons (Fsp3) is 0.857. The standard InChI is InChI=1S/C14H26O2Si/c1-10-11(8-17(4,5)6)14(2,3)7-12-13(10)16-9-15-12/h11-12H,7-9H2,1-6H3. The first kappa shape index (κ1) is 13.2. The summed E-state index contributed by atoms with van der Waals surface area (Å²) < 4.78 is 11.4. The monoisotopic (exact) mass is 254 g/mol. The topological polar surface area (TPSA) is 18.5 Å². The van der Waals surface area contributed by atoms with Crippen molar-refractivity contribution in [2.45, 2.75) is 59.0 Å². The SMILES string of the molecule is CC1=C2OCOC2CC(C)(C)C1C[Si](C)(C)C. The fourth-order valence-electron chi connectivity index (χ4n) is 3.29. The molecule has 3 heteroatoms. The van der Waals surface area contributed by atoms with Crippen molar-refractivity contribution in [3.63, 3.8) is 0 Å². The Kier molecular flexibility index (Phi) is 3.19. The molecule has 0 spiro atoms. The number of fused-ring (bicyclic) bond motifs is 1. The van der Waals surface area contributed by atoms with Gasteiger partial charge in [0.15, 0.2) is 6.79 Å². The molecule has 1 saturated heterocycles. The van der Waals surface area contributed by atoms with Crippen LogP contribution in [0, 0.1) is 11.3 Å². The molecule has 0 aromatic carbocycles. The molecule has 1 fully saturated rings. The quantitative estimate of drug-likeness (QED) is 0.693. The molecule has 2 nitrogen and oxygen atoms in total. The van der Waals surface area contributed by atoms with Crippen LogP contribution in [0.4, 0.5) is 0 Å². The molecule has 0 bridgehead atoms. The molecule has 1 heterocycles. The van der Waals surface area contributed by atoms with Crippen LogP contribution in [0.15, 0.2) is 11.3 Å². The Hall–Kier alpha value is -0.283. The van der Waals surface area contributed by atoms with E-state index in [9.17, 15) is 0 Å². The summed E-state index contributed by atoms with van der Waals surface area (Å²) in [4.78, 5) is 0. The maximum absolute atomic E-state index is 5.68. The molecule has 1 aliphatic carbocycles. The lowest BCUT2D eigenvalue weighted by Gasteiger charge is -2.43. The minimum absolute atomic E-state index is 0.225. The predicted octanol–water partition coefficient (Wildman–Crippen LogP) is 4.02. The van der Waals surface area contributed by atoms with E-state index in [2.05, 4.69) is 40.4 Å². The number of hydrogen-bond acceptors (Lipinski definition) is 2. The maximum Gasteiger partial charge on any atom is 0.189 e. The Labute approximate surface area is 106 Å². The molecular formula is C14H26O2Si. The highest BCUT2D eigenvalue weighted by molar-refractivity contribution is 6.76. The summed E-state index contributed by atoms with van der Waals surface area (Å²) in [6.45, 7) is 14.9. The van der Waals surface area contributed by atoms with E-state index in [4.69, 9.17) is 9.47 Å². The summed E-state index contributed by atoms with van der Waals surface area (Å²) in [5.74, 6) is 1.81. The van der Waals surface area contributed by atoms with Crippen LogP contribution in [0.5, 0.6) is 0 Å². The van der Waals surface area contributed by atoms with Gasteiger partial charge in [-0.05, 0) is 30.3 Å². The van der Waals surface area contributed by atoms with Gasteiger partial charge < -0.3 is 9.47 Å². The van der Waals surface area contributed by atoms with Crippen molar-refractivity contribution in [3.05, 3.63) is 11.3 Å². The second-order valence-electron chi connectivity index (χ2n) is 7.47. The van der Waals surface area contributed by atoms with E-state index in [1.165, 1.54) is 11.6 Å². The van der Waals surface area contributed by atoms with E-state index in [1.807, 2.05) is 0 Å². The molecule has 98 valence electrons. The van der Waals surface area contributed by atoms with Crippen LogP contribution in [0.1, 0.15) is 27.2 Å². The maximum atomic E-state index is 5.68. The Morgan fingerprint density at radius 1 is 1.29 bits per heavy atom. The fourth-order valence-corrected chi connectivity index (χ4v) is 5.37. The summed E-state index contributed by atoms with van der Waals surface area (Å²) in [7, 11) is -1.05. The molecule has 0 N–H and O–H groups in total. The average molecular weight is 254 g/mol. The second-order valence-corrected chi connectivity index (χ2v) is 13.0. The molecule has 0 aromatic heterocycles. The lowest BCUT2D eigenvalue weighted by molar-refractivity contribution is 0.0294. The van der Waals surface area contributed by atoms with E-state index >= 15 is 0 Å². The molecular weight excluding hydrogens is 228 g/mol. The van der Waals surface area contributed by atoms with Gasteiger partial charge in [0.2, 0.25) is 0 Å². The van der Waals surface area contributed by atoms with Gasteiger partial charge >= 0.3 is 0 Å². The van der Waals surface area contributed by atoms with Gasteiger partial charge in [-0.25, -0.2) is 0 Å². The largest absolute Gasteiger partial charge is 0.469 e. The van der Waals surface area contributed by atoms with Gasteiger partial charge in [-0.15, -0.1) is 0 Å². The van der Waals surface area contributed by atoms with Crippen molar-refractivity contribution in [1.82, 2.24) is 0 Å². The van der Waals surface area contributed by atoms with Crippen LogP contribution in [0.3, 0.4) is 0 Å². The van der Waals surface area contributed by atoms with Gasteiger partial charge in [0.25, 0.3) is 0 Å². The van der Waals surface area contributed by atoms with Crippen LogP contribution in [-0.2, 0) is 9.47 Å². The van der Waals surface area contributed by atoms with Crippen LogP contribution in [0.2, 0.25) is 25.7 Å². The van der Waals surface area contributed by atoms with Gasteiger partial charge in [0, 0.05) is 8.07 Å². The van der Waals surface area contributed by atoms with E-state index in [0.717, 1.165) is 12.2 Å². The highest BCUT2D eigenvalue weighted by atomic mass is 28.3. The van der Waals surface area contributed by atoms with Gasteiger partial charge in [-0.2, -0.15) is 0 Å². The Balaban J connectivity index is 2.31. The Morgan fingerprint density at radius 3 is 2.53 bits per heavy atom. The first-order valence-corrected chi connectivity index (χ1v) is 10.4. The van der Waals surface area contributed by atoms with Gasteiger partial charge in [0.05, 0.1) is 0 Å². The molecule has 1 aliphatic heterocycles. The highest BCUT2D eigenvalue weighted by Crippen LogP contribution is 2.49. The van der Waals surface area contributed by atoms with Gasteiger partial charge in [0.1, 0.15) is 11.9 Å². The first-order valence-electron chi connectivity index (χ1n) is 6.66. The third-order valence-corrected chi connectivity index (χ3v) is 5.79. The average Bonchev–Trinajstić information content (AvgIpc) is 2.57. The van der Waals surface area contributed by atoms with Gasteiger partial charge in [-0.3, -0.25) is 0 Å².